The molecule has 0 saturated heterocycles. The average molecular weight is 257 g/mol. The van der Waals surface area contributed by atoms with Crippen LogP contribution in [0.1, 0.15) is 10.4 Å². The number of benzene rings is 2. The number of nitrogens with two attached hydrogens (primary N) is 2. The van der Waals surface area contributed by atoms with Crippen molar-refractivity contribution < 1.29 is 9.59 Å². The third kappa shape index (κ3) is 2.65. The van der Waals surface area contributed by atoms with Gasteiger partial charge in [0.05, 0.1) is 12.1 Å². The van der Waals surface area contributed by atoms with Gasteiger partial charge >= 0.3 is 0 Å². The molecule has 5 nitrogen and oxygen atoms in total. The number of carbonyl (C=O) groups is 2. The Labute approximate surface area is 110 Å². The van der Waals surface area contributed by atoms with Gasteiger partial charge in [-0.15, -0.1) is 0 Å². The molecule has 0 bridgehead atoms. The first-order valence-corrected chi connectivity index (χ1v) is 5.81. The van der Waals surface area contributed by atoms with Crippen molar-refractivity contribution in [3.05, 3.63) is 42.0 Å². The quantitative estimate of drug-likeness (QED) is 0.803. The van der Waals surface area contributed by atoms with Gasteiger partial charge in [-0.2, -0.15) is 0 Å². The van der Waals surface area contributed by atoms with Crippen molar-refractivity contribution in [1.29, 1.82) is 0 Å². The Balaban J connectivity index is 2.41. The average Bonchev–Trinajstić information content (AvgIpc) is 2.36. The second-order valence-corrected chi connectivity index (χ2v) is 4.41. The fourth-order valence-corrected chi connectivity index (χ4v) is 1.95. The van der Waals surface area contributed by atoms with Gasteiger partial charge in [-0.05, 0) is 22.9 Å². The van der Waals surface area contributed by atoms with Gasteiger partial charge < -0.3 is 16.4 Å². The number of likely N-dealkylation sites (N-methyl/N-ethyl adjacent to an activating group) is 1. The Hall–Kier alpha value is -2.56. The summed E-state index contributed by atoms with van der Waals surface area (Å²) in [5.74, 6) is -0.878. The molecule has 0 aliphatic carbocycles. The Kier molecular flexibility index (Phi) is 3.37. The van der Waals surface area contributed by atoms with Gasteiger partial charge in [-0.1, -0.05) is 24.3 Å². The number of carbonyl (C=O) groups excluding carboxylic acids is 2. The number of fused-ring (bicyclic) bond motifs is 1. The predicted molar refractivity (Wildman–Crippen MR) is 74.5 cm³/mol. The van der Waals surface area contributed by atoms with Gasteiger partial charge in [0.1, 0.15) is 0 Å². The molecule has 0 spiro atoms. The molecule has 0 radical (unpaired) electrons. The minimum atomic E-state index is -0.560. The van der Waals surface area contributed by atoms with E-state index in [4.69, 9.17) is 11.5 Å². The maximum atomic E-state index is 12.2. The van der Waals surface area contributed by atoms with Crippen molar-refractivity contribution in [2.45, 2.75) is 0 Å². The van der Waals surface area contributed by atoms with Crippen molar-refractivity contribution in [1.82, 2.24) is 4.90 Å². The maximum absolute atomic E-state index is 12.2. The van der Waals surface area contributed by atoms with E-state index < -0.39 is 5.91 Å². The zero-order valence-corrected chi connectivity index (χ0v) is 10.6. The molecule has 0 fully saturated rings. The van der Waals surface area contributed by atoms with Crippen LogP contribution in [0.5, 0.6) is 0 Å². The number of hydrogen-bond donors (Lipinski definition) is 2. The Morgan fingerprint density at radius 1 is 1.16 bits per heavy atom. The van der Waals surface area contributed by atoms with Gasteiger partial charge in [0.15, 0.2) is 0 Å². The summed E-state index contributed by atoms with van der Waals surface area (Å²) < 4.78 is 0. The number of nitrogens with zero attached hydrogens (tertiary/aromatic N) is 1. The molecule has 0 heterocycles. The Morgan fingerprint density at radius 2 is 1.74 bits per heavy atom. The highest BCUT2D eigenvalue weighted by Crippen LogP contribution is 2.22. The summed E-state index contributed by atoms with van der Waals surface area (Å²) in [4.78, 5) is 24.3. The Morgan fingerprint density at radius 3 is 2.32 bits per heavy atom. The number of hydrogen-bond acceptors (Lipinski definition) is 3. The van der Waals surface area contributed by atoms with Crippen LogP contribution in [-0.4, -0.2) is 30.3 Å². The standard InChI is InChI=1S/C14H15N3O2/c1-17(8-13(16)18)14(19)11-6-9-4-2-3-5-10(9)7-12(11)15/h2-7H,8,15H2,1H3,(H2,16,18). The summed E-state index contributed by atoms with van der Waals surface area (Å²) >= 11 is 0. The van der Waals surface area contributed by atoms with Crippen molar-refractivity contribution in [3.63, 3.8) is 0 Å². The van der Waals surface area contributed by atoms with Crippen molar-refractivity contribution in [2.24, 2.45) is 5.73 Å². The lowest BCUT2D eigenvalue weighted by molar-refractivity contribution is -0.118. The summed E-state index contributed by atoms with van der Waals surface area (Å²) in [6.45, 7) is -0.134. The molecule has 2 aromatic carbocycles. The van der Waals surface area contributed by atoms with Crippen LogP contribution < -0.4 is 11.5 Å². The molecule has 2 aromatic rings. The van der Waals surface area contributed by atoms with Crippen LogP contribution in [-0.2, 0) is 4.79 Å². The van der Waals surface area contributed by atoms with Gasteiger partial charge in [0.2, 0.25) is 5.91 Å². The highest BCUT2D eigenvalue weighted by atomic mass is 16.2. The minimum Gasteiger partial charge on any atom is -0.398 e. The number of amides is 2. The third-order valence-corrected chi connectivity index (χ3v) is 2.89. The zero-order chi connectivity index (χ0) is 14.0. The monoisotopic (exact) mass is 257 g/mol. The second-order valence-electron chi connectivity index (χ2n) is 4.41. The van der Waals surface area contributed by atoms with E-state index in [-0.39, 0.29) is 12.5 Å². The molecule has 0 aromatic heterocycles. The number of rotatable bonds is 3. The van der Waals surface area contributed by atoms with E-state index >= 15 is 0 Å². The van der Waals surface area contributed by atoms with Crippen LogP contribution >= 0.6 is 0 Å². The van der Waals surface area contributed by atoms with Crippen molar-refractivity contribution in [3.8, 4) is 0 Å². The zero-order valence-electron chi connectivity index (χ0n) is 10.6. The largest absolute Gasteiger partial charge is 0.398 e. The maximum Gasteiger partial charge on any atom is 0.256 e. The second kappa shape index (κ2) is 4.97. The van der Waals surface area contributed by atoms with Crippen molar-refractivity contribution >= 4 is 28.3 Å². The molecular formula is C14H15N3O2. The van der Waals surface area contributed by atoms with E-state index in [0.29, 0.717) is 11.3 Å². The molecular weight excluding hydrogens is 242 g/mol. The number of anilines is 1. The van der Waals surface area contributed by atoms with Crippen LogP contribution in [0.25, 0.3) is 10.8 Å². The topological polar surface area (TPSA) is 89.4 Å². The molecule has 0 saturated carbocycles. The number of primary amides is 1. The predicted octanol–water partition coefficient (Wildman–Crippen LogP) is 0.979. The highest BCUT2D eigenvalue weighted by molar-refractivity contribution is 6.04. The molecule has 4 N–H and O–H groups in total. The first kappa shape index (κ1) is 12.9. The summed E-state index contributed by atoms with van der Waals surface area (Å²) in [5.41, 5.74) is 11.7. The van der Waals surface area contributed by atoms with Gasteiger partial charge in [-0.25, -0.2) is 0 Å². The summed E-state index contributed by atoms with van der Waals surface area (Å²) in [6.07, 6.45) is 0. The van der Waals surface area contributed by atoms with E-state index in [1.807, 2.05) is 24.3 Å². The third-order valence-electron chi connectivity index (χ3n) is 2.89. The fourth-order valence-electron chi connectivity index (χ4n) is 1.95. The SMILES string of the molecule is CN(CC(N)=O)C(=O)c1cc2ccccc2cc1N. The fraction of sp³-hybridized carbons (Fsp3) is 0.143. The lowest BCUT2D eigenvalue weighted by Gasteiger charge is -2.16. The first-order valence-electron chi connectivity index (χ1n) is 5.81. The first-order chi connectivity index (χ1) is 8.99. The molecule has 2 rings (SSSR count). The van der Waals surface area contributed by atoms with Crippen LogP contribution in [0.15, 0.2) is 36.4 Å². The summed E-state index contributed by atoms with van der Waals surface area (Å²) in [7, 11) is 1.52. The Bertz CT molecular complexity index is 652. The van der Waals surface area contributed by atoms with Crippen LogP contribution in [0.3, 0.4) is 0 Å². The van der Waals surface area contributed by atoms with Gasteiger partial charge in [0.25, 0.3) is 5.91 Å². The van der Waals surface area contributed by atoms with E-state index in [1.54, 1.807) is 12.1 Å². The van der Waals surface area contributed by atoms with Crippen LogP contribution in [0, 0.1) is 0 Å². The smallest absolute Gasteiger partial charge is 0.256 e. The van der Waals surface area contributed by atoms with E-state index in [1.165, 1.54) is 11.9 Å². The molecule has 98 valence electrons. The molecule has 0 unspecified atom stereocenters. The van der Waals surface area contributed by atoms with Crippen LogP contribution in [0.4, 0.5) is 5.69 Å². The lowest BCUT2D eigenvalue weighted by atomic mass is 10.0. The molecule has 0 atom stereocenters. The molecule has 0 aliphatic rings. The molecule has 19 heavy (non-hydrogen) atoms. The van der Waals surface area contributed by atoms with E-state index in [0.717, 1.165) is 10.8 Å². The van der Waals surface area contributed by atoms with Crippen molar-refractivity contribution in [2.75, 3.05) is 19.3 Å². The van der Waals surface area contributed by atoms with E-state index in [9.17, 15) is 9.59 Å². The number of nitrogen functional groups attached to an aromatic ring is 1. The normalized spacial score (nSPS) is 10.4. The molecule has 2 amide bonds. The van der Waals surface area contributed by atoms with Gasteiger partial charge in [-0.3, -0.25) is 9.59 Å². The summed E-state index contributed by atoms with van der Waals surface area (Å²) in [6, 6.07) is 11.1. The highest BCUT2D eigenvalue weighted by Gasteiger charge is 2.16. The minimum absolute atomic E-state index is 0.134. The van der Waals surface area contributed by atoms with Gasteiger partial charge in [0, 0.05) is 12.7 Å². The lowest BCUT2D eigenvalue weighted by Crippen LogP contribution is -2.35. The molecule has 0 aliphatic heterocycles. The van der Waals surface area contributed by atoms with Crippen LogP contribution in [0.2, 0.25) is 0 Å². The summed E-state index contributed by atoms with van der Waals surface area (Å²) in [5, 5.41) is 1.89. The molecule has 5 heteroatoms. The van der Waals surface area contributed by atoms with E-state index in [2.05, 4.69) is 0 Å².